The van der Waals surface area contributed by atoms with Gasteiger partial charge in [0.2, 0.25) is 11.9 Å². The number of anilines is 1. The number of carbonyl (C=O) groups is 1. The van der Waals surface area contributed by atoms with Gasteiger partial charge in [-0.15, -0.1) is 0 Å². The Morgan fingerprint density at radius 2 is 1.56 bits per heavy atom. The SMILES string of the molecule is O=C(C=[N+]([O-])c1ccccc1)Nc1ccccc1. The van der Waals surface area contributed by atoms with Gasteiger partial charge in [-0.25, -0.2) is 0 Å². The molecule has 4 nitrogen and oxygen atoms in total. The first-order chi connectivity index (χ1) is 8.75. The van der Waals surface area contributed by atoms with Crippen LogP contribution < -0.4 is 5.32 Å². The van der Waals surface area contributed by atoms with Crippen LogP contribution in [0.1, 0.15) is 0 Å². The van der Waals surface area contributed by atoms with Crippen LogP contribution in [0.2, 0.25) is 0 Å². The molecule has 0 saturated carbocycles. The van der Waals surface area contributed by atoms with E-state index in [2.05, 4.69) is 5.32 Å². The smallest absolute Gasteiger partial charge is 0.313 e. The molecule has 90 valence electrons. The van der Waals surface area contributed by atoms with Crippen molar-refractivity contribution in [2.45, 2.75) is 0 Å². The first-order valence-corrected chi connectivity index (χ1v) is 5.48. The van der Waals surface area contributed by atoms with Crippen LogP contribution in [0.15, 0.2) is 60.7 Å². The maximum atomic E-state index is 11.6. The molecule has 0 aliphatic carbocycles. The van der Waals surface area contributed by atoms with Gasteiger partial charge in [0.15, 0.2) is 0 Å². The minimum atomic E-state index is -0.458. The van der Waals surface area contributed by atoms with Crippen molar-refractivity contribution in [2.24, 2.45) is 0 Å². The van der Waals surface area contributed by atoms with E-state index in [1.54, 1.807) is 42.5 Å². The predicted molar refractivity (Wildman–Crippen MR) is 70.9 cm³/mol. The maximum Gasteiger partial charge on any atom is 0.313 e. The maximum absolute atomic E-state index is 11.6. The van der Waals surface area contributed by atoms with Crippen LogP contribution in [0.4, 0.5) is 11.4 Å². The molecule has 2 aromatic rings. The first kappa shape index (κ1) is 11.9. The first-order valence-electron chi connectivity index (χ1n) is 5.48. The second kappa shape index (κ2) is 5.63. The van der Waals surface area contributed by atoms with Crippen molar-refractivity contribution in [3.63, 3.8) is 0 Å². The molecular weight excluding hydrogens is 228 g/mol. The van der Waals surface area contributed by atoms with Crippen LogP contribution in [-0.2, 0) is 4.79 Å². The standard InChI is InChI=1S/C14H12N2O2/c17-14(15-12-7-3-1-4-8-12)11-16(18)13-9-5-2-6-10-13/h1-11H,(H,15,17). The molecule has 2 rings (SSSR count). The molecule has 0 unspecified atom stereocenters. The number of nitrogens with zero attached hydrogens (tertiary/aromatic N) is 1. The van der Waals surface area contributed by atoms with Gasteiger partial charge in [-0.1, -0.05) is 36.4 Å². The van der Waals surface area contributed by atoms with Crippen molar-refractivity contribution in [1.29, 1.82) is 0 Å². The molecule has 18 heavy (non-hydrogen) atoms. The van der Waals surface area contributed by atoms with Gasteiger partial charge in [0, 0.05) is 17.8 Å². The number of carbonyl (C=O) groups excluding carboxylic acids is 1. The highest BCUT2D eigenvalue weighted by Gasteiger charge is 2.05. The minimum absolute atomic E-state index is 0.417. The van der Waals surface area contributed by atoms with Crippen molar-refractivity contribution < 1.29 is 9.53 Å². The van der Waals surface area contributed by atoms with Crippen LogP contribution in [-0.4, -0.2) is 16.9 Å². The van der Waals surface area contributed by atoms with Gasteiger partial charge < -0.3 is 10.5 Å². The summed E-state index contributed by atoms with van der Waals surface area (Å²) in [7, 11) is 0. The fourth-order valence-corrected chi connectivity index (χ4v) is 1.45. The number of amides is 1. The van der Waals surface area contributed by atoms with Crippen molar-refractivity contribution in [1.82, 2.24) is 0 Å². The molecule has 0 bridgehead atoms. The monoisotopic (exact) mass is 240 g/mol. The third-order valence-corrected chi connectivity index (χ3v) is 2.29. The van der Waals surface area contributed by atoms with Gasteiger partial charge in [0.1, 0.15) is 0 Å². The molecular formula is C14H12N2O2. The van der Waals surface area contributed by atoms with E-state index in [4.69, 9.17) is 0 Å². The molecule has 0 aliphatic heterocycles. The topological polar surface area (TPSA) is 55.2 Å². The van der Waals surface area contributed by atoms with Crippen LogP contribution in [0.5, 0.6) is 0 Å². The van der Waals surface area contributed by atoms with E-state index in [1.807, 2.05) is 18.2 Å². The Hall–Kier alpha value is -2.62. The van der Waals surface area contributed by atoms with E-state index in [-0.39, 0.29) is 0 Å². The number of hydrogen-bond acceptors (Lipinski definition) is 2. The Labute approximate surface area is 105 Å². The summed E-state index contributed by atoms with van der Waals surface area (Å²) >= 11 is 0. The Morgan fingerprint density at radius 3 is 2.17 bits per heavy atom. The quantitative estimate of drug-likeness (QED) is 0.388. The summed E-state index contributed by atoms with van der Waals surface area (Å²) in [5.41, 5.74) is 1.07. The molecule has 0 saturated heterocycles. The Morgan fingerprint density at radius 1 is 1.00 bits per heavy atom. The third kappa shape index (κ3) is 3.18. The number of benzene rings is 2. The largest absolute Gasteiger partial charge is 0.618 e. The lowest BCUT2D eigenvalue weighted by atomic mass is 10.3. The average Bonchev–Trinajstić information content (AvgIpc) is 2.40. The number of para-hydroxylation sites is 2. The number of hydrogen-bond donors (Lipinski definition) is 1. The lowest BCUT2D eigenvalue weighted by molar-refractivity contribution is -0.354. The molecule has 0 aromatic heterocycles. The highest BCUT2D eigenvalue weighted by atomic mass is 16.5. The second-order valence-electron chi connectivity index (χ2n) is 3.65. The Balaban J connectivity index is 2.07. The van der Waals surface area contributed by atoms with E-state index < -0.39 is 5.91 Å². The van der Waals surface area contributed by atoms with E-state index in [1.165, 1.54) is 0 Å². The van der Waals surface area contributed by atoms with Crippen molar-refractivity contribution in [2.75, 3.05) is 5.32 Å². The highest BCUT2D eigenvalue weighted by Crippen LogP contribution is 2.08. The zero-order chi connectivity index (χ0) is 12.8. The molecule has 1 amide bonds. The summed E-state index contributed by atoms with van der Waals surface area (Å²) in [5, 5.41) is 14.3. The van der Waals surface area contributed by atoms with Gasteiger partial charge in [-0.3, -0.25) is 4.79 Å². The molecule has 0 heterocycles. The van der Waals surface area contributed by atoms with Gasteiger partial charge >= 0.3 is 5.91 Å². The lowest BCUT2D eigenvalue weighted by Gasteiger charge is -2.03. The summed E-state index contributed by atoms with van der Waals surface area (Å²) in [4.78, 5) is 11.6. The van der Waals surface area contributed by atoms with E-state index in [0.29, 0.717) is 16.1 Å². The second-order valence-corrected chi connectivity index (χ2v) is 3.65. The summed E-state index contributed by atoms with van der Waals surface area (Å²) in [6.07, 6.45) is 0.975. The molecule has 0 aliphatic rings. The fraction of sp³-hybridized carbons (Fsp3) is 0. The molecule has 0 spiro atoms. The molecule has 2 aromatic carbocycles. The summed E-state index contributed by atoms with van der Waals surface area (Å²) in [6.45, 7) is 0. The summed E-state index contributed by atoms with van der Waals surface area (Å²) < 4.78 is 0.540. The van der Waals surface area contributed by atoms with E-state index in [9.17, 15) is 10.0 Å². The van der Waals surface area contributed by atoms with Crippen LogP contribution >= 0.6 is 0 Å². The predicted octanol–water partition coefficient (Wildman–Crippen LogP) is 2.54. The van der Waals surface area contributed by atoms with Crippen molar-refractivity contribution in [3.05, 3.63) is 65.9 Å². The fourth-order valence-electron chi connectivity index (χ4n) is 1.45. The van der Waals surface area contributed by atoms with Crippen molar-refractivity contribution in [3.8, 4) is 0 Å². The summed E-state index contributed by atoms with van der Waals surface area (Å²) in [6, 6.07) is 17.5. The molecule has 0 atom stereocenters. The zero-order valence-electron chi connectivity index (χ0n) is 9.61. The van der Waals surface area contributed by atoms with E-state index >= 15 is 0 Å². The van der Waals surface area contributed by atoms with Gasteiger partial charge in [-0.2, -0.15) is 4.74 Å². The molecule has 1 N–H and O–H groups in total. The number of nitrogens with one attached hydrogen (secondary N) is 1. The van der Waals surface area contributed by atoms with Gasteiger partial charge in [0.05, 0.1) is 0 Å². The lowest BCUT2D eigenvalue weighted by Crippen LogP contribution is -2.17. The Kier molecular flexibility index (Phi) is 3.71. The van der Waals surface area contributed by atoms with Crippen LogP contribution in [0, 0.1) is 5.21 Å². The summed E-state index contributed by atoms with van der Waals surface area (Å²) in [5.74, 6) is -0.458. The molecule has 0 fully saturated rings. The number of rotatable bonds is 3. The van der Waals surface area contributed by atoms with Crippen LogP contribution in [0.25, 0.3) is 0 Å². The third-order valence-electron chi connectivity index (χ3n) is 2.29. The van der Waals surface area contributed by atoms with E-state index in [0.717, 1.165) is 6.21 Å². The highest BCUT2D eigenvalue weighted by molar-refractivity contribution is 6.30. The van der Waals surface area contributed by atoms with Gasteiger partial charge in [-0.05, 0) is 12.1 Å². The molecule has 0 radical (unpaired) electrons. The van der Waals surface area contributed by atoms with Crippen molar-refractivity contribution >= 4 is 23.5 Å². The average molecular weight is 240 g/mol. The minimum Gasteiger partial charge on any atom is -0.618 e. The van der Waals surface area contributed by atoms with Gasteiger partial charge in [0.25, 0.3) is 0 Å². The van der Waals surface area contributed by atoms with Crippen LogP contribution in [0.3, 0.4) is 0 Å². The zero-order valence-corrected chi connectivity index (χ0v) is 9.61. The normalized spacial score (nSPS) is 11.0. The molecule has 4 heteroatoms. The Bertz CT molecular complexity index is 551.